The second-order valence-corrected chi connectivity index (χ2v) is 10.2. The van der Waals surface area contributed by atoms with Crippen LogP contribution in [0.1, 0.15) is 11.1 Å². The van der Waals surface area contributed by atoms with Crippen LogP contribution in [-0.2, 0) is 12.4 Å². The average molecular weight is 585 g/mol. The Morgan fingerprint density at radius 1 is 0.512 bits per heavy atom. The Morgan fingerprint density at radius 2 is 1.14 bits per heavy atom. The van der Waals surface area contributed by atoms with Gasteiger partial charge < -0.3 is 4.42 Å². The van der Waals surface area contributed by atoms with E-state index in [2.05, 4.69) is 9.97 Å². The summed E-state index contributed by atoms with van der Waals surface area (Å²) < 4.78 is 86.0. The molecule has 0 saturated carbocycles. The van der Waals surface area contributed by atoms with Crippen molar-refractivity contribution in [1.82, 2.24) is 9.97 Å². The van der Waals surface area contributed by atoms with E-state index in [1.807, 2.05) is 54.6 Å². The van der Waals surface area contributed by atoms with Crippen LogP contribution in [0, 0.1) is 0 Å². The van der Waals surface area contributed by atoms with E-state index in [0.29, 0.717) is 11.1 Å². The lowest BCUT2D eigenvalue weighted by Gasteiger charge is -2.15. The summed E-state index contributed by atoms with van der Waals surface area (Å²) in [5.41, 5.74) is 2.10. The fourth-order valence-corrected chi connectivity index (χ4v) is 5.23. The number of alkyl halides is 6. The number of furan rings is 1. The van der Waals surface area contributed by atoms with E-state index in [-0.39, 0.29) is 17.2 Å². The molecule has 0 atom stereocenters. The van der Waals surface area contributed by atoms with Crippen molar-refractivity contribution in [1.29, 1.82) is 0 Å². The lowest BCUT2D eigenvalue weighted by molar-refractivity contribution is -0.143. The van der Waals surface area contributed by atoms with E-state index in [4.69, 9.17) is 4.42 Å². The summed E-state index contributed by atoms with van der Waals surface area (Å²) in [5.74, 6) is 0. The van der Waals surface area contributed by atoms with Crippen LogP contribution in [-0.4, -0.2) is 9.97 Å². The lowest BCUT2D eigenvalue weighted by Crippen LogP contribution is -2.11. The topological polar surface area (TPSA) is 38.9 Å². The molecule has 0 radical (unpaired) electrons. The van der Waals surface area contributed by atoms with Crippen LogP contribution in [0.25, 0.3) is 66.4 Å². The minimum atomic E-state index is -4.91. The molecule has 9 heteroatoms. The van der Waals surface area contributed by atoms with Gasteiger partial charge >= 0.3 is 12.4 Å². The van der Waals surface area contributed by atoms with E-state index >= 15 is 0 Å². The van der Waals surface area contributed by atoms with Crippen molar-refractivity contribution < 1.29 is 30.8 Å². The van der Waals surface area contributed by atoms with E-state index < -0.39 is 23.5 Å². The summed E-state index contributed by atoms with van der Waals surface area (Å²) in [6.07, 6.45) is -6.39. The van der Waals surface area contributed by atoms with Crippen LogP contribution in [0.3, 0.4) is 0 Å². The molecule has 4 aromatic carbocycles. The van der Waals surface area contributed by atoms with Crippen molar-refractivity contribution >= 4 is 32.8 Å². The molecule has 0 aliphatic heterocycles. The predicted molar refractivity (Wildman–Crippen MR) is 153 cm³/mol. The van der Waals surface area contributed by atoms with Crippen LogP contribution in [0.2, 0.25) is 0 Å². The third-order valence-electron chi connectivity index (χ3n) is 7.40. The Hall–Kier alpha value is -5.18. The Labute approximate surface area is 240 Å². The van der Waals surface area contributed by atoms with Crippen LogP contribution < -0.4 is 0 Å². The fourth-order valence-electron chi connectivity index (χ4n) is 5.23. The average Bonchev–Trinajstić information content (AvgIpc) is 3.37. The van der Waals surface area contributed by atoms with Gasteiger partial charge in [0.25, 0.3) is 0 Å². The Bertz CT molecular complexity index is 2130. The summed E-state index contributed by atoms with van der Waals surface area (Å²) in [5, 5.41) is 3.32. The van der Waals surface area contributed by atoms with Crippen LogP contribution >= 0.6 is 0 Å². The molecule has 3 heterocycles. The summed E-state index contributed by atoms with van der Waals surface area (Å²) in [7, 11) is 0. The first kappa shape index (κ1) is 26.7. The van der Waals surface area contributed by atoms with Crippen molar-refractivity contribution in [2.45, 2.75) is 12.4 Å². The summed E-state index contributed by atoms with van der Waals surface area (Å²) in [6.45, 7) is 0. The molecule has 0 N–H and O–H groups in total. The Balaban J connectivity index is 1.20. The molecule has 0 unspecified atom stereocenters. The van der Waals surface area contributed by atoms with Gasteiger partial charge in [-0.1, -0.05) is 30.3 Å². The number of hydrogen-bond donors (Lipinski definition) is 0. The highest BCUT2D eigenvalue weighted by Gasteiger charge is 2.37. The monoisotopic (exact) mass is 584 g/mol. The van der Waals surface area contributed by atoms with Gasteiger partial charge in [0, 0.05) is 34.3 Å². The number of benzene rings is 4. The van der Waals surface area contributed by atoms with Crippen LogP contribution in [0.15, 0.2) is 114 Å². The molecule has 0 aliphatic rings. The number of rotatable bonds is 3. The molecule has 3 aromatic heterocycles. The smallest absolute Gasteiger partial charge is 0.416 e. The molecule has 0 amide bonds. The molecule has 0 aliphatic carbocycles. The van der Waals surface area contributed by atoms with E-state index in [0.717, 1.165) is 56.3 Å². The molecular weight excluding hydrogens is 566 g/mol. The zero-order valence-corrected chi connectivity index (χ0v) is 22.0. The first-order valence-corrected chi connectivity index (χ1v) is 13.1. The third kappa shape index (κ3) is 4.97. The Morgan fingerprint density at radius 3 is 1.77 bits per heavy atom. The summed E-state index contributed by atoms with van der Waals surface area (Å²) in [4.78, 5) is 8.92. The lowest BCUT2D eigenvalue weighted by atomic mass is 9.95. The molecule has 0 spiro atoms. The highest BCUT2D eigenvalue weighted by molar-refractivity contribution is 6.04. The molecule has 0 fully saturated rings. The second kappa shape index (κ2) is 9.69. The quantitative estimate of drug-likeness (QED) is 0.194. The van der Waals surface area contributed by atoms with Crippen LogP contribution in [0.5, 0.6) is 0 Å². The molecule has 7 rings (SSSR count). The van der Waals surface area contributed by atoms with Gasteiger partial charge in [-0.3, -0.25) is 4.98 Å². The SMILES string of the molecule is FC(F)(F)c1cc(-c2ccc3cc(-c4ccc(-c5ccc6oc7ncccc7c6c5)nc4)ccc3c2)cc(C(F)(F)F)c1. The molecule has 0 saturated heterocycles. The molecule has 212 valence electrons. The number of nitrogens with zero attached hydrogens (tertiary/aromatic N) is 2. The normalized spacial score (nSPS) is 12.4. The van der Waals surface area contributed by atoms with E-state index in [9.17, 15) is 26.3 Å². The van der Waals surface area contributed by atoms with Gasteiger partial charge in [-0.05, 0) is 94.2 Å². The molecule has 0 bridgehead atoms. The van der Waals surface area contributed by atoms with Crippen molar-refractivity contribution in [3.63, 3.8) is 0 Å². The predicted octanol–water partition coefficient (Wildman–Crippen LogP) is 10.6. The van der Waals surface area contributed by atoms with E-state index in [1.165, 1.54) is 6.07 Å². The zero-order valence-electron chi connectivity index (χ0n) is 22.0. The maximum Gasteiger partial charge on any atom is 0.416 e. The van der Waals surface area contributed by atoms with Gasteiger partial charge in [0.15, 0.2) is 0 Å². The maximum absolute atomic E-state index is 13.4. The van der Waals surface area contributed by atoms with Gasteiger partial charge in [-0.25, -0.2) is 4.98 Å². The standard InChI is InChI=1S/C34H18F6N2O/c35-33(36,37)26-14-25(15-27(17-26)34(38,39)40)22-6-4-19-12-21(5-3-20(19)13-22)24-7-9-30(42-18-24)23-8-10-31-29(16-23)28-2-1-11-41-32(28)43-31/h1-18H. The van der Waals surface area contributed by atoms with Gasteiger partial charge in [0.2, 0.25) is 5.71 Å². The van der Waals surface area contributed by atoms with Crippen molar-refractivity contribution in [3.05, 3.63) is 121 Å². The summed E-state index contributed by atoms with van der Waals surface area (Å²) >= 11 is 0. The highest BCUT2D eigenvalue weighted by Crippen LogP contribution is 2.39. The third-order valence-corrected chi connectivity index (χ3v) is 7.40. The van der Waals surface area contributed by atoms with Crippen LogP contribution in [0.4, 0.5) is 26.3 Å². The molecule has 3 nitrogen and oxygen atoms in total. The maximum atomic E-state index is 13.4. The zero-order chi connectivity index (χ0) is 29.9. The molecular formula is C34H18F6N2O. The minimum absolute atomic E-state index is 0.130. The van der Waals surface area contributed by atoms with Gasteiger partial charge in [0.05, 0.1) is 16.8 Å². The number of pyridine rings is 2. The Kier molecular flexibility index (Phi) is 6.02. The first-order valence-electron chi connectivity index (χ1n) is 13.1. The molecule has 7 aromatic rings. The summed E-state index contributed by atoms with van der Waals surface area (Å²) in [6, 6.07) is 25.4. The number of aromatic nitrogens is 2. The van der Waals surface area contributed by atoms with Gasteiger partial charge in [0.1, 0.15) is 5.58 Å². The number of fused-ring (bicyclic) bond motifs is 4. The first-order chi connectivity index (χ1) is 20.5. The second-order valence-electron chi connectivity index (χ2n) is 10.2. The number of halogens is 6. The highest BCUT2D eigenvalue weighted by atomic mass is 19.4. The fraction of sp³-hybridized carbons (Fsp3) is 0.0588. The van der Waals surface area contributed by atoms with Gasteiger partial charge in [-0.15, -0.1) is 0 Å². The largest absolute Gasteiger partial charge is 0.438 e. The minimum Gasteiger partial charge on any atom is -0.438 e. The van der Waals surface area contributed by atoms with Crippen molar-refractivity contribution in [2.75, 3.05) is 0 Å². The van der Waals surface area contributed by atoms with Crippen molar-refractivity contribution in [2.24, 2.45) is 0 Å². The van der Waals surface area contributed by atoms with E-state index in [1.54, 1.807) is 30.6 Å². The van der Waals surface area contributed by atoms with Gasteiger partial charge in [-0.2, -0.15) is 26.3 Å². The number of hydrogen-bond acceptors (Lipinski definition) is 3. The molecule has 43 heavy (non-hydrogen) atoms. The van der Waals surface area contributed by atoms with Crippen molar-refractivity contribution in [3.8, 4) is 33.5 Å².